The van der Waals surface area contributed by atoms with E-state index in [0.29, 0.717) is 21.8 Å². The van der Waals surface area contributed by atoms with E-state index in [1.54, 1.807) is 25.1 Å². The molecule has 0 unspecified atom stereocenters. The molecule has 2 aromatic heterocycles. The van der Waals surface area contributed by atoms with Crippen molar-refractivity contribution in [3.05, 3.63) is 50.6 Å². The van der Waals surface area contributed by atoms with E-state index in [0.717, 1.165) is 41.0 Å². The van der Waals surface area contributed by atoms with E-state index in [1.807, 2.05) is 6.07 Å². The number of rotatable bonds is 6. The summed E-state index contributed by atoms with van der Waals surface area (Å²) in [6.07, 6.45) is 0.327. The monoisotopic (exact) mass is 594 g/mol. The molecule has 3 aromatic rings. The number of hydrogen-bond donors (Lipinski definition) is 3. The first-order chi connectivity index (χ1) is 18.2. The fraction of sp³-hybridized carbons (Fsp3) is 0.462. The maximum atomic E-state index is 13.2. The summed E-state index contributed by atoms with van der Waals surface area (Å²) in [5.41, 5.74) is 2.12. The highest BCUT2D eigenvalue weighted by atomic mass is 35.5. The molecule has 210 valence electrons. The minimum atomic E-state index is -0.517. The van der Waals surface area contributed by atoms with Gasteiger partial charge in [-0.1, -0.05) is 11.6 Å². The van der Waals surface area contributed by atoms with Crippen LogP contribution in [0.3, 0.4) is 0 Å². The maximum absolute atomic E-state index is 13.2. The van der Waals surface area contributed by atoms with Crippen molar-refractivity contribution in [1.82, 2.24) is 30.4 Å². The molecule has 0 saturated carbocycles. The number of carbonyl (C=O) groups is 3. The minimum Gasteiger partial charge on any atom is -0.450 e. The van der Waals surface area contributed by atoms with Crippen LogP contribution in [0.4, 0.5) is 4.79 Å². The molecule has 0 radical (unpaired) electrons. The summed E-state index contributed by atoms with van der Waals surface area (Å²) in [6, 6.07) is 6.46. The maximum Gasteiger partial charge on any atom is 0.409 e. The Bertz CT molecular complexity index is 1380. The molecule has 5 rings (SSSR count). The van der Waals surface area contributed by atoms with Gasteiger partial charge in [0.1, 0.15) is 5.69 Å². The summed E-state index contributed by atoms with van der Waals surface area (Å²) in [6.45, 7) is 8.41. The van der Waals surface area contributed by atoms with Gasteiger partial charge in [-0.25, -0.2) is 9.78 Å². The Kier molecular flexibility index (Phi) is 9.05. The van der Waals surface area contributed by atoms with E-state index < -0.39 is 18.2 Å². The van der Waals surface area contributed by atoms with Crippen LogP contribution in [0.5, 0.6) is 0 Å². The Labute approximate surface area is 241 Å². The Morgan fingerprint density at radius 2 is 1.90 bits per heavy atom. The molecule has 10 nitrogen and oxygen atoms in total. The zero-order chi connectivity index (χ0) is 27.0. The lowest BCUT2D eigenvalue weighted by molar-refractivity contribution is 0.0894. The van der Waals surface area contributed by atoms with Gasteiger partial charge in [-0.05, 0) is 45.0 Å². The van der Waals surface area contributed by atoms with Crippen molar-refractivity contribution in [2.75, 3.05) is 26.2 Å². The van der Waals surface area contributed by atoms with Crippen LogP contribution in [0.2, 0.25) is 5.02 Å². The van der Waals surface area contributed by atoms with E-state index in [1.165, 1.54) is 16.2 Å². The van der Waals surface area contributed by atoms with Crippen molar-refractivity contribution >= 4 is 64.2 Å². The molecule has 0 spiro atoms. The summed E-state index contributed by atoms with van der Waals surface area (Å²) in [4.78, 5) is 51.5. The summed E-state index contributed by atoms with van der Waals surface area (Å²) in [7, 11) is 0. The molecule has 2 aliphatic heterocycles. The van der Waals surface area contributed by atoms with Crippen molar-refractivity contribution in [3.63, 3.8) is 0 Å². The fourth-order valence-corrected chi connectivity index (χ4v) is 6.13. The number of thiazole rings is 1. The highest BCUT2D eigenvalue weighted by molar-refractivity contribution is 7.13. The van der Waals surface area contributed by atoms with Gasteiger partial charge in [0.25, 0.3) is 11.8 Å². The molecular formula is C26H32Cl2N6O4S. The SMILES string of the molecule is CCOC(=O)N1C[C@@H](NC(=O)c2cc3cc(Cl)ccc3[nH]2)[C@H](NC(=O)c2nc3c(s2)CN(C(C)C)CC3)C1.Cl. The average molecular weight is 596 g/mol. The van der Waals surface area contributed by atoms with Crippen LogP contribution in [0.1, 0.15) is 51.6 Å². The molecule has 2 aliphatic rings. The molecule has 2 atom stereocenters. The van der Waals surface area contributed by atoms with Gasteiger partial charge >= 0.3 is 6.09 Å². The molecule has 1 saturated heterocycles. The number of nitrogens with zero attached hydrogens (tertiary/aromatic N) is 3. The Morgan fingerprint density at radius 1 is 1.18 bits per heavy atom. The third kappa shape index (κ3) is 6.32. The van der Waals surface area contributed by atoms with E-state index >= 15 is 0 Å². The Balaban J connectivity index is 0.00000353. The molecule has 4 heterocycles. The second kappa shape index (κ2) is 12.1. The number of aromatic nitrogens is 2. The Morgan fingerprint density at radius 3 is 2.59 bits per heavy atom. The van der Waals surface area contributed by atoms with Gasteiger partial charge in [0, 0.05) is 59.4 Å². The third-order valence-electron chi connectivity index (χ3n) is 6.99. The van der Waals surface area contributed by atoms with Crippen LogP contribution in [0, 0.1) is 0 Å². The van der Waals surface area contributed by atoms with Gasteiger partial charge in [0.05, 0.1) is 24.4 Å². The smallest absolute Gasteiger partial charge is 0.409 e. The number of amides is 3. The molecule has 1 fully saturated rings. The number of H-pyrrole nitrogens is 1. The summed E-state index contributed by atoms with van der Waals surface area (Å²) >= 11 is 7.48. The molecular weight excluding hydrogens is 563 g/mol. The van der Waals surface area contributed by atoms with E-state index in [9.17, 15) is 14.4 Å². The molecule has 3 amide bonds. The number of halogens is 2. The van der Waals surface area contributed by atoms with Crippen molar-refractivity contribution in [2.24, 2.45) is 0 Å². The topological polar surface area (TPSA) is 120 Å². The zero-order valence-corrected chi connectivity index (χ0v) is 24.3. The van der Waals surface area contributed by atoms with Crippen LogP contribution in [-0.4, -0.2) is 82.0 Å². The van der Waals surface area contributed by atoms with Gasteiger partial charge in [-0.2, -0.15) is 0 Å². The van der Waals surface area contributed by atoms with Gasteiger partial charge < -0.3 is 25.3 Å². The number of likely N-dealkylation sites (tertiary alicyclic amines) is 1. The van der Waals surface area contributed by atoms with E-state index in [4.69, 9.17) is 16.3 Å². The van der Waals surface area contributed by atoms with E-state index in [-0.39, 0.29) is 43.9 Å². The number of ether oxygens (including phenoxy) is 1. The van der Waals surface area contributed by atoms with Gasteiger partial charge in [-0.15, -0.1) is 23.7 Å². The molecule has 0 bridgehead atoms. The van der Waals surface area contributed by atoms with Crippen molar-refractivity contribution in [2.45, 2.75) is 51.9 Å². The number of hydrogen-bond acceptors (Lipinski definition) is 7. The molecule has 39 heavy (non-hydrogen) atoms. The van der Waals surface area contributed by atoms with Gasteiger partial charge in [-0.3, -0.25) is 14.5 Å². The lowest BCUT2D eigenvalue weighted by Gasteiger charge is -2.29. The van der Waals surface area contributed by atoms with Gasteiger partial charge in [0.15, 0.2) is 5.01 Å². The first-order valence-corrected chi connectivity index (χ1v) is 14.0. The van der Waals surface area contributed by atoms with Crippen LogP contribution >= 0.6 is 35.3 Å². The number of benzene rings is 1. The molecule has 13 heteroatoms. The largest absolute Gasteiger partial charge is 0.450 e. The summed E-state index contributed by atoms with van der Waals surface area (Å²) in [5, 5.41) is 7.78. The lowest BCUT2D eigenvalue weighted by atomic mass is 10.1. The van der Waals surface area contributed by atoms with Gasteiger partial charge in [0.2, 0.25) is 0 Å². The number of carbonyl (C=O) groups excluding carboxylic acids is 3. The molecule has 0 aliphatic carbocycles. The predicted octanol–water partition coefficient (Wildman–Crippen LogP) is 3.84. The lowest BCUT2D eigenvalue weighted by Crippen LogP contribution is -2.51. The van der Waals surface area contributed by atoms with Crippen LogP contribution < -0.4 is 10.6 Å². The quantitative estimate of drug-likeness (QED) is 0.399. The average Bonchev–Trinajstić information content (AvgIpc) is 3.60. The molecule has 1 aromatic carbocycles. The van der Waals surface area contributed by atoms with Crippen LogP contribution in [-0.2, 0) is 17.7 Å². The highest BCUT2D eigenvalue weighted by Crippen LogP contribution is 2.27. The van der Waals surface area contributed by atoms with Crippen LogP contribution in [0.15, 0.2) is 24.3 Å². The zero-order valence-electron chi connectivity index (χ0n) is 22.0. The van der Waals surface area contributed by atoms with Crippen molar-refractivity contribution in [3.8, 4) is 0 Å². The number of nitrogens with one attached hydrogen (secondary N) is 3. The number of fused-ring (bicyclic) bond motifs is 2. The van der Waals surface area contributed by atoms with Crippen LogP contribution in [0.25, 0.3) is 10.9 Å². The van der Waals surface area contributed by atoms with Crippen molar-refractivity contribution < 1.29 is 19.1 Å². The highest BCUT2D eigenvalue weighted by Gasteiger charge is 2.39. The standard InChI is InChI=1S/C26H31ClN6O4S.ClH/c1-4-37-26(36)33-11-20(29-23(34)19-10-15-9-16(27)5-6-17(15)28-19)21(12-33)30-24(35)25-31-18-7-8-32(14(2)3)13-22(18)38-25;/h5-6,9-10,14,20-21,28H,4,7-8,11-13H2,1-3H3,(H,29,34)(H,30,35);1H/t20-,21-;/m1./s1. The molecule has 3 N–H and O–H groups in total. The van der Waals surface area contributed by atoms with Crippen molar-refractivity contribution in [1.29, 1.82) is 0 Å². The Hall–Kier alpha value is -2.86. The third-order valence-corrected chi connectivity index (χ3v) is 8.31. The summed E-state index contributed by atoms with van der Waals surface area (Å²) < 4.78 is 5.17. The number of aromatic amines is 1. The first kappa shape index (κ1) is 29.1. The normalized spacial score (nSPS) is 19.1. The van der Waals surface area contributed by atoms with E-state index in [2.05, 4.69) is 39.3 Å². The minimum absolute atomic E-state index is 0. The predicted molar refractivity (Wildman–Crippen MR) is 153 cm³/mol. The second-order valence-electron chi connectivity index (χ2n) is 9.88. The second-order valence-corrected chi connectivity index (χ2v) is 11.4. The fourth-order valence-electron chi connectivity index (χ4n) is 4.92. The first-order valence-electron chi connectivity index (χ1n) is 12.8. The summed E-state index contributed by atoms with van der Waals surface area (Å²) in [5.74, 6) is -0.651.